The lowest BCUT2D eigenvalue weighted by atomic mass is 10.0. The minimum absolute atomic E-state index is 0.156. The Hall–Kier alpha value is -4.01. The van der Waals surface area contributed by atoms with Crippen LogP contribution in [-0.4, -0.2) is 53.3 Å². The average molecular weight is 536 g/mol. The third-order valence-electron chi connectivity index (χ3n) is 6.22. The number of amides is 1. The van der Waals surface area contributed by atoms with E-state index in [0.29, 0.717) is 43.2 Å². The van der Waals surface area contributed by atoms with E-state index in [9.17, 15) is 9.59 Å². The van der Waals surface area contributed by atoms with Crippen molar-refractivity contribution in [1.82, 2.24) is 9.88 Å². The van der Waals surface area contributed by atoms with Gasteiger partial charge in [-0.25, -0.2) is 9.59 Å². The van der Waals surface area contributed by atoms with Crippen LogP contribution in [-0.2, 0) is 20.9 Å². The Balaban J connectivity index is 1.35. The van der Waals surface area contributed by atoms with E-state index >= 15 is 0 Å². The highest BCUT2D eigenvalue weighted by atomic mass is 16.6. The largest absolute Gasteiger partial charge is 0.489 e. The summed E-state index contributed by atoms with van der Waals surface area (Å²) in [5, 5.41) is 0.743. The molecule has 0 bridgehead atoms. The van der Waals surface area contributed by atoms with Crippen molar-refractivity contribution < 1.29 is 28.5 Å². The lowest BCUT2D eigenvalue weighted by Crippen LogP contribution is -2.50. The zero-order valence-corrected chi connectivity index (χ0v) is 22.9. The molecular formula is C30H37N3O6. The van der Waals surface area contributed by atoms with Crippen LogP contribution in [0.4, 0.5) is 10.5 Å². The fraction of sp³-hybridized carbons (Fsp3) is 0.433. The number of nitrogens with two attached hydrogens (primary N) is 1. The topological polar surface area (TPSA) is 113 Å². The molecule has 4 rings (SSSR count). The number of carbonyl (C=O) groups excluding carboxylic acids is 2. The lowest BCUT2D eigenvalue weighted by molar-refractivity contribution is -0.151. The molecule has 0 saturated carbocycles. The number of nitrogen functional groups attached to an aromatic ring is 1. The maximum absolute atomic E-state index is 12.8. The number of carbonyl (C=O) groups is 2. The van der Waals surface area contributed by atoms with E-state index in [1.165, 1.54) is 4.90 Å². The number of nitrogens with zero attached hydrogens (tertiary/aromatic N) is 2. The minimum atomic E-state index is -0.639. The summed E-state index contributed by atoms with van der Waals surface area (Å²) in [7, 11) is 0. The molecule has 9 nitrogen and oxygen atoms in total. The molecule has 2 N–H and O–H groups in total. The monoisotopic (exact) mass is 535 g/mol. The van der Waals surface area contributed by atoms with Gasteiger partial charge in [-0.15, -0.1) is 0 Å². The number of esters is 1. The average Bonchev–Trinajstić information content (AvgIpc) is 2.91. The highest BCUT2D eigenvalue weighted by molar-refractivity contribution is 5.89. The van der Waals surface area contributed by atoms with Crippen LogP contribution < -0.4 is 15.2 Å². The zero-order chi connectivity index (χ0) is 27.8. The molecule has 39 heavy (non-hydrogen) atoms. The van der Waals surface area contributed by atoms with Crippen molar-refractivity contribution in [3.8, 4) is 11.5 Å². The third kappa shape index (κ3) is 7.75. The first-order valence-corrected chi connectivity index (χ1v) is 13.4. The molecule has 1 fully saturated rings. The molecule has 0 radical (unpaired) electrons. The number of benzene rings is 2. The zero-order valence-electron chi connectivity index (χ0n) is 22.9. The van der Waals surface area contributed by atoms with Gasteiger partial charge in [0.05, 0.1) is 30.6 Å². The van der Waals surface area contributed by atoms with Gasteiger partial charge in [0, 0.05) is 18.4 Å². The van der Waals surface area contributed by atoms with Crippen molar-refractivity contribution in [2.45, 2.75) is 64.7 Å². The molecule has 208 valence electrons. The lowest BCUT2D eigenvalue weighted by Gasteiger charge is -2.35. The normalized spacial score (nSPS) is 15.6. The number of anilines is 1. The van der Waals surface area contributed by atoms with Crippen LogP contribution in [0.3, 0.4) is 0 Å². The first kappa shape index (κ1) is 28.0. The quantitative estimate of drug-likeness (QED) is 0.282. The molecule has 1 atom stereocenters. The first-order chi connectivity index (χ1) is 18.7. The van der Waals surface area contributed by atoms with E-state index in [1.807, 2.05) is 42.5 Å². The van der Waals surface area contributed by atoms with Gasteiger partial charge in [0.15, 0.2) is 11.5 Å². The Labute approximate surface area is 229 Å². The van der Waals surface area contributed by atoms with Crippen LogP contribution in [0.1, 0.15) is 52.0 Å². The molecule has 3 aromatic rings. The molecule has 1 amide bonds. The Morgan fingerprint density at radius 1 is 1.05 bits per heavy atom. The third-order valence-corrected chi connectivity index (χ3v) is 6.22. The molecule has 2 aromatic carbocycles. The van der Waals surface area contributed by atoms with Crippen molar-refractivity contribution in [1.29, 1.82) is 0 Å². The van der Waals surface area contributed by atoms with Crippen molar-refractivity contribution in [3.05, 3.63) is 60.3 Å². The number of aromatic nitrogens is 1. The summed E-state index contributed by atoms with van der Waals surface area (Å²) in [6, 6.07) is 14.7. The first-order valence-electron chi connectivity index (χ1n) is 13.4. The molecule has 1 aliphatic rings. The van der Waals surface area contributed by atoms with Crippen molar-refractivity contribution in [2.75, 3.05) is 25.5 Å². The van der Waals surface area contributed by atoms with E-state index < -0.39 is 23.7 Å². The fourth-order valence-corrected chi connectivity index (χ4v) is 4.38. The SMILES string of the molecule is CC(C)(C)OC(=O)N1CCCCC1C(=O)OCCCOc1c(OCc2ccccc2)ccc2ncc(N)cc12. The van der Waals surface area contributed by atoms with Crippen LogP contribution in [0, 0.1) is 0 Å². The van der Waals surface area contributed by atoms with Gasteiger partial charge in [0.1, 0.15) is 18.2 Å². The van der Waals surface area contributed by atoms with Gasteiger partial charge >= 0.3 is 12.1 Å². The summed E-state index contributed by atoms with van der Waals surface area (Å²) in [5.41, 5.74) is 7.65. The second-order valence-electron chi connectivity index (χ2n) is 10.6. The summed E-state index contributed by atoms with van der Waals surface area (Å²) in [6.07, 6.45) is 3.81. The smallest absolute Gasteiger partial charge is 0.411 e. The Morgan fingerprint density at radius 3 is 2.62 bits per heavy atom. The van der Waals surface area contributed by atoms with Gasteiger partial charge in [-0.2, -0.15) is 0 Å². The number of pyridine rings is 1. The standard InChI is InChI=1S/C30H37N3O6/c1-30(2,3)39-29(35)33-15-8-7-12-25(33)28(34)37-17-9-16-36-27-23-18-22(31)19-32-24(23)13-14-26(27)38-20-21-10-5-4-6-11-21/h4-6,10-11,13-14,18-19,25H,7-9,12,15-17,20,31H2,1-3H3. The van der Waals surface area contributed by atoms with E-state index in [2.05, 4.69) is 4.98 Å². The summed E-state index contributed by atoms with van der Waals surface area (Å²) < 4.78 is 23.3. The van der Waals surface area contributed by atoms with E-state index in [4.69, 9.17) is 24.7 Å². The predicted molar refractivity (Wildman–Crippen MR) is 149 cm³/mol. The molecular weight excluding hydrogens is 498 g/mol. The van der Waals surface area contributed by atoms with Crippen LogP contribution in [0.2, 0.25) is 0 Å². The number of likely N-dealkylation sites (tertiary alicyclic amines) is 1. The molecule has 2 heterocycles. The van der Waals surface area contributed by atoms with Gasteiger partial charge in [-0.05, 0) is 63.8 Å². The second kappa shape index (κ2) is 12.7. The highest BCUT2D eigenvalue weighted by Crippen LogP contribution is 2.36. The molecule has 0 spiro atoms. The number of rotatable bonds is 9. The number of hydrogen-bond donors (Lipinski definition) is 1. The Morgan fingerprint density at radius 2 is 1.85 bits per heavy atom. The fourth-order valence-electron chi connectivity index (χ4n) is 4.38. The molecule has 1 aliphatic heterocycles. The van der Waals surface area contributed by atoms with Gasteiger partial charge < -0.3 is 24.7 Å². The summed E-state index contributed by atoms with van der Waals surface area (Å²) in [5.74, 6) is 0.693. The van der Waals surface area contributed by atoms with Gasteiger partial charge in [-0.1, -0.05) is 30.3 Å². The van der Waals surface area contributed by atoms with Crippen LogP contribution in [0.25, 0.3) is 10.9 Å². The van der Waals surface area contributed by atoms with Gasteiger partial charge in [0.25, 0.3) is 0 Å². The molecule has 1 unspecified atom stereocenters. The number of ether oxygens (including phenoxy) is 4. The molecule has 9 heteroatoms. The predicted octanol–water partition coefficient (Wildman–Crippen LogP) is 5.50. The Kier molecular flexibility index (Phi) is 9.11. The number of hydrogen-bond acceptors (Lipinski definition) is 8. The van der Waals surface area contributed by atoms with Gasteiger partial charge in [0.2, 0.25) is 0 Å². The molecule has 1 saturated heterocycles. The maximum Gasteiger partial charge on any atom is 0.411 e. The maximum atomic E-state index is 12.8. The number of fused-ring (bicyclic) bond motifs is 1. The Bertz CT molecular complexity index is 1270. The van der Waals surface area contributed by atoms with E-state index in [1.54, 1.807) is 33.0 Å². The summed E-state index contributed by atoms with van der Waals surface area (Å²) >= 11 is 0. The van der Waals surface area contributed by atoms with Gasteiger partial charge in [-0.3, -0.25) is 9.88 Å². The second-order valence-corrected chi connectivity index (χ2v) is 10.6. The van der Waals surface area contributed by atoms with E-state index in [-0.39, 0.29) is 13.2 Å². The van der Waals surface area contributed by atoms with Crippen molar-refractivity contribution >= 4 is 28.7 Å². The van der Waals surface area contributed by atoms with Crippen molar-refractivity contribution in [3.63, 3.8) is 0 Å². The molecule has 1 aromatic heterocycles. The van der Waals surface area contributed by atoms with Crippen molar-refractivity contribution in [2.24, 2.45) is 0 Å². The van der Waals surface area contributed by atoms with Crippen LogP contribution in [0.15, 0.2) is 54.7 Å². The minimum Gasteiger partial charge on any atom is -0.489 e. The highest BCUT2D eigenvalue weighted by Gasteiger charge is 2.35. The number of piperidine rings is 1. The summed E-state index contributed by atoms with van der Waals surface area (Å²) in [4.78, 5) is 31.3. The summed E-state index contributed by atoms with van der Waals surface area (Å²) in [6.45, 7) is 6.71. The molecule has 0 aliphatic carbocycles. The van der Waals surface area contributed by atoms with E-state index in [0.717, 1.165) is 29.3 Å². The van der Waals surface area contributed by atoms with Crippen LogP contribution >= 0.6 is 0 Å². The van der Waals surface area contributed by atoms with Crippen LogP contribution in [0.5, 0.6) is 11.5 Å².